The summed E-state index contributed by atoms with van der Waals surface area (Å²) in [5.41, 5.74) is 5.94. The van der Waals surface area contributed by atoms with Crippen molar-refractivity contribution in [3.8, 4) is 17.1 Å². The number of carbonyl (C=O) groups excluding carboxylic acids is 1. The van der Waals surface area contributed by atoms with E-state index in [-0.39, 0.29) is 6.61 Å². The summed E-state index contributed by atoms with van der Waals surface area (Å²) >= 11 is 6.17. The number of hydrogen-bond donors (Lipinski definition) is 1. The van der Waals surface area contributed by atoms with Gasteiger partial charge in [-0.05, 0) is 24.1 Å². The minimum atomic E-state index is -0.539. The summed E-state index contributed by atoms with van der Waals surface area (Å²) in [5.74, 6) is 1.27. The Labute approximate surface area is 128 Å². The number of nitrogens with two attached hydrogens (primary N) is 1. The van der Waals surface area contributed by atoms with Crippen molar-refractivity contribution in [1.82, 2.24) is 9.55 Å². The molecule has 0 aliphatic rings. The zero-order chi connectivity index (χ0) is 15.4. The Morgan fingerprint density at radius 2 is 2.24 bits per heavy atom. The Hall–Kier alpha value is -2.01. The molecule has 0 saturated carbocycles. The lowest BCUT2D eigenvalue weighted by Gasteiger charge is -2.12. The standard InChI is InChI=1S/C15H18ClN3O2/c1-10(2)8-19-6-5-18-15(19)11-3-4-13(12(16)7-11)21-9-14(17)20/h3-7,10H,8-9H2,1-2H3,(H2,17,20). The van der Waals surface area contributed by atoms with Gasteiger partial charge < -0.3 is 15.0 Å². The van der Waals surface area contributed by atoms with E-state index in [2.05, 4.69) is 23.4 Å². The third kappa shape index (κ3) is 3.98. The Bertz CT molecular complexity index is 638. The topological polar surface area (TPSA) is 70.1 Å². The fraction of sp³-hybridized carbons (Fsp3) is 0.333. The van der Waals surface area contributed by atoms with Gasteiger partial charge in [-0.1, -0.05) is 25.4 Å². The minimum absolute atomic E-state index is 0.193. The lowest BCUT2D eigenvalue weighted by Crippen LogP contribution is -2.20. The number of benzene rings is 1. The summed E-state index contributed by atoms with van der Waals surface area (Å²) in [4.78, 5) is 15.1. The van der Waals surface area contributed by atoms with Crippen LogP contribution in [-0.4, -0.2) is 22.1 Å². The summed E-state index contributed by atoms with van der Waals surface area (Å²) in [5, 5.41) is 0.424. The number of nitrogens with zero attached hydrogens (tertiary/aromatic N) is 2. The average Bonchev–Trinajstić information content (AvgIpc) is 2.84. The van der Waals surface area contributed by atoms with Crippen LogP contribution in [0.1, 0.15) is 13.8 Å². The predicted molar refractivity (Wildman–Crippen MR) is 82.2 cm³/mol. The molecule has 5 nitrogen and oxygen atoms in total. The SMILES string of the molecule is CC(C)Cn1ccnc1-c1ccc(OCC(N)=O)c(Cl)c1. The quantitative estimate of drug-likeness (QED) is 0.892. The van der Waals surface area contributed by atoms with E-state index in [1.807, 2.05) is 12.3 Å². The Balaban J connectivity index is 2.24. The normalized spacial score (nSPS) is 10.9. The second-order valence-electron chi connectivity index (χ2n) is 5.20. The molecule has 0 aliphatic carbocycles. The first-order valence-electron chi connectivity index (χ1n) is 6.69. The van der Waals surface area contributed by atoms with Crippen LogP contribution in [-0.2, 0) is 11.3 Å². The lowest BCUT2D eigenvalue weighted by atomic mass is 10.2. The van der Waals surface area contributed by atoms with E-state index < -0.39 is 5.91 Å². The van der Waals surface area contributed by atoms with Crippen LogP contribution in [0.3, 0.4) is 0 Å². The molecule has 0 spiro atoms. The van der Waals surface area contributed by atoms with Gasteiger partial charge in [0.05, 0.1) is 5.02 Å². The fourth-order valence-electron chi connectivity index (χ4n) is 2.02. The van der Waals surface area contributed by atoms with Gasteiger partial charge in [-0.25, -0.2) is 4.98 Å². The number of primary amides is 1. The molecule has 2 aromatic rings. The van der Waals surface area contributed by atoms with Gasteiger partial charge in [-0.3, -0.25) is 4.79 Å². The predicted octanol–water partition coefficient (Wildman–Crippen LogP) is 2.72. The van der Waals surface area contributed by atoms with Crippen LogP contribution in [0.5, 0.6) is 5.75 Å². The van der Waals surface area contributed by atoms with Gasteiger partial charge >= 0.3 is 0 Å². The molecule has 0 atom stereocenters. The van der Waals surface area contributed by atoms with Crippen LogP contribution < -0.4 is 10.5 Å². The van der Waals surface area contributed by atoms with Gasteiger partial charge in [-0.15, -0.1) is 0 Å². The zero-order valence-corrected chi connectivity index (χ0v) is 12.8. The van der Waals surface area contributed by atoms with Gasteiger partial charge in [0.2, 0.25) is 0 Å². The Kier molecular flexibility index (Phi) is 4.85. The molecular formula is C15H18ClN3O2. The van der Waals surface area contributed by atoms with Crippen molar-refractivity contribution in [1.29, 1.82) is 0 Å². The molecule has 112 valence electrons. The second-order valence-corrected chi connectivity index (χ2v) is 5.60. The highest BCUT2D eigenvalue weighted by Crippen LogP contribution is 2.30. The van der Waals surface area contributed by atoms with E-state index in [0.717, 1.165) is 17.9 Å². The first-order chi connectivity index (χ1) is 9.97. The molecule has 6 heteroatoms. The van der Waals surface area contributed by atoms with Crippen molar-refractivity contribution in [2.75, 3.05) is 6.61 Å². The second kappa shape index (κ2) is 6.63. The molecule has 0 bridgehead atoms. The molecule has 1 aromatic carbocycles. The van der Waals surface area contributed by atoms with Gasteiger partial charge in [0.25, 0.3) is 5.91 Å². The summed E-state index contributed by atoms with van der Waals surface area (Å²) < 4.78 is 7.32. The van der Waals surface area contributed by atoms with Crippen LogP contribution in [0.4, 0.5) is 0 Å². The first-order valence-corrected chi connectivity index (χ1v) is 7.07. The average molecular weight is 308 g/mol. The Morgan fingerprint density at radius 3 is 2.86 bits per heavy atom. The van der Waals surface area contributed by atoms with E-state index in [4.69, 9.17) is 22.1 Å². The first kappa shape index (κ1) is 15.4. The number of halogens is 1. The molecule has 1 amide bonds. The van der Waals surface area contributed by atoms with Crippen LogP contribution in [0.15, 0.2) is 30.6 Å². The highest BCUT2D eigenvalue weighted by Gasteiger charge is 2.10. The van der Waals surface area contributed by atoms with E-state index in [9.17, 15) is 4.79 Å². The number of hydrogen-bond acceptors (Lipinski definition) is 3. The summed E-state index contributed by atoms with van der Waals surface area (Å²) in [6.07, 6.45) is 3.71. The van der Waals surface area contributed by atoms with Gasteiger partial charge in [-0.2, -0.15) is 0 Å². The van der Waals surface area contributed by atoms with E-state index >= 15 is 0 Å². The highest BCUT2D eigenvalue weighted by atomic mass is 35.5. The minimum Gasteiger partial charge on any atom is -0.482 e. The molecule has 0 radical (unpaired) electrons. The molecule has 2 N–H and O–H groups in total. The van der Waals surface area contributed by atoms with Crippen molar-refractivity contribution in [2.24, 2.45) is 11.7 Å². The summed E-state index contributed by atoms with van der Waals surface area (Å²) in [7, 11) is 0. The highest BCUT2D eigenvalue weighted by molar-refractivity contribution is 6.32. The van der Waals surface area contributed by atoms with Crippen molar-refractivity contribution >= 4 is 17.5 Å². The van der Waals surface area contributed by atoms with E-state index in [1.54, 1.807) is 18.3 Å². The fourth-order valence-corrected chi connectivity index (χ4v) is 2.25. The Morgan fingerprint density at radius 1 is 1.48 bits per heavy atom. The number of carbonyl (C=O) groups is 1. The monoisotopic (exact) mass is 307 g/mol. The van der Waals surface area contributed by atoms with Gasteiger partial charge in [0.15, 0.2) is 6.61 Å². The molecule has 0 fully saturated rings. The molecule has 0 aliphatic heterocycles. The third-order valence-corrected chi connectivity index (χ3v) is 3.13. The maximum Gasteiger partial charge on any atom is 0.255 e. The lowest BCUT2D eigenvalue weighted by molar-refractivity contribution is -0.119. The maximum absolute atomic E-state index is 10.7. The van der Waals surface area contributed by atoms with Crippen molar-refractivity contribution in [2.45, 2.75) is 20.4 Å². The number of imidazole rings is 1. The molecule has 1 aromatic heterocycles. The largest absolute Gasteiger partial charge is 0.482 e. The number of amides is 1. The summed E-state index contributed by atoms with van der Waals surface area (Å²) in [6.45, 7) is 4.99. The molecule has 0 saturated heterocycles. The van der Waals surface area contributed by atoms with Gasteiger partial charge in [0, 0.05) is 24.5 Å². The van der Waals surface area contributed by atoms with Crippen molar-refractivity contribution < 1.29 is 9.53 Å². The van der Waals surface area contributed by atoms with E-state index in [1.165, 1.54) is 0 Å². The van der Waals surface area contributed by atoms with Crippen molar-refractivity contribution in [3.63, 3.8) is 0 Å². The van der Waals surface area contributed by atoms with Crippen LogP contribution >= 0.6 is 11.6 Å². The third-order valence-electron chi connectivity index (χ3n) is 2.84. The number of ether oxygens (including phenoxy) is 1. The summed E-state index contributed by atoms with van der Waals surface area (Å²) in [6, 6.07) is 5.35. The van der Waals surface area contributed by atoms with Gasteiger partial charge in [0.1, 0.15) is 11.6 Å². The van der Waals surface area contributed by atoms with Crippen LogP contribution in [0, 0.1) is 5.92 Å². The van der Waals surface area contributed by atoms with Crippen LogP contribution in [0.2, 0.25) is 5.02 Å². The maximum atomic E-state index is 10.7. The van der Waals surface area contributed by atoms with Crippen LogP contribution in [0.25, 0.3) is 11.4 Å². The van der Waals surface area contributed by atoms with Crippen molar-refractivity contribution in [3.05, 3.63) is 35.6 Å². The molecule has 1 heterocycles. The smallest absolute Gasteiger partial charge is 0.255 e. The zero-order valence-electron chi connectivity index (χ0n) is 12.0. The molecular weight excluding hydrogens is 290 g/mol. The molecule has 2 rings (SSSR count). The molecule has 0 unspecified atom stereocenters. The number of aromatic nitrogens is 2. The molecule has 21 heavy (non-hydrogen) atoms. The number of rotatable bonds is 6. The van der Waals surface area contributed by atoms with E-state index in [0.29, 0.717) is 16.7 Å².